The maximum atomic E-state index is 8.83. The van der Waals surface area contributed by atoms with Gasteiger partial charge in [-0.05, 0) is 19.9 Å². The Bertz CT molecular complexity index is 358. The minimum Gasteiger partial charge on any atom is -0.377 e. The van der Waals surface area contributed by atoms with Crippen LogP contribution in [-0.4, -0.2) is 24.2 Å². The van der Waals surface area contributed by atoms with E-state index in [9.17, 15) is 0 Å². The average Bonchev–Trinajstić information content (AvgIpc) is 2.29. The van der Waals surface area contributed by atoms with Gasteiger partial charge in [0.25, 0.3) is 0 Å². The summed E-state index contributed by atoms with van der Waals surface area (Å²) in [4.78, 5) is 3.99. The van der Waals surface area contributed by atoms with Crippen molar-refractivity contribution in [2.24, 2.45) is 0 Å². The second-order valence-corrected chi connectivity index (χ2v) is 3.72. The Labute approximate surface area is 96.3 Å². The first-order valence-corrected chi connectivity index (χ1v) is 5.40. The van der Waals surface area contributed by atoms with E-state index in [0.29, 0.717) is 18.8 Å². The van der Waals surface area contributed by atoms with Gasteiger partial charge in [0.2, 0.25) is 0 Å². The van der Waals surface area contributed by atoms with E-state index in [2.05, 4.69) is 16.4 Å². The molecule has 0 aromatic carbocycles. The molecule has 0 radical (unpaired) electrons. The topological polar surface area (TPSA) is 57.9 Å². The Balaban J connectivity index is 2.30. The Morgan fingerprint density at radius 1 is 1.56 bits per heavy atom. The molecule has 0 amide bonds. The number of hydrogen-bond acceptors (Lipinski definition) is 4. The van der Waals surface area contributed by atoms with Crippen molar-refractivity contribution >= 4 is 0 Å². The number of nitrogens with zero attached hydrogens (tertiary/aromatic N) is 2. The van der Waals surface area contributed by atoms with Crippen molar-refractivity contribution in [3.05, 3.63) is 29.6 Å². The van der Waals surface area contributed by atoms with E-state index >= 15 is 0 Å². The van der Waals surface area contributed by atoms with Crippen LogP contribution < -0.4 is 5.32 Å². The second-order valence-electron chi connectivity index (χ2n) is 3.72. The Hall–Kier alpha value is -1.44. The highest BCUT2D eigenvalue weighted by Gasteiger charge is 2.01. The van der Waals surface area contributed by atoms with Crippen LogP contribution in [0.2, 0.25) is 0 Å². The van der Waals surface area contributed by atoms with Crippen LogP contribution in [0.25, 0.3) is 0 Å². The summed E-state index contributed by atoms with van der Waals surface area (Å²) >= 11 is 0. The molecule has 0 fully saturated rings. The van der Waals surface area contributed by atoms with Crippen molar-refractivity contribution in [2.75, 3.05) is 13.2 Å². The van der Waals surface area contributed by atoms with Crippen molar-refractivity contribution in [3.63, 3.8) is 0 Å². The van der Waals surface area contributed by atoms with Crippen molar-refractivity contribution in [2.45, 2.75) is 26.5 Å². The predicted octanol–water partition coefficient (Wildman–Crippen LogP) is 1.47. The molecule has 0 spiro atoms. The first-order chi connectivity index (χ1) is 7.74. The smallest absolute Gasteiger partial charge is 0.144 e. The van der Waals surface area contributed by atoms with E-state index in [1.54, 1.807) is 6.20 Å². The summed E-state index contributed by atoms with van der Waals surface area (Å²) in [6, 6.07) is 5.81. The Kier molecular flexibility index (Phi) is 5.48. The highest BCUT2D eigenvalue weighted by molar-refractivity contribution is 5.30. The minimum atomic E-state index is 0.259. The number of pyridine rings is 1. The average molecular weight is 219 g/mol. The fourth-order valence-corrected chi connectivity index (χ4v) is 1.27. The van der Waals surface area contributed by atoms with Crippen molar-refractivity contribution in [1.82, 2.24) is 10.3 Å². The third-order valence-electron chi connectivity index (χ3n) is 2.04. The fourth-order valence-electron chi connectivity index (χ4n) is 1.27. The van der Waals surface area contributed by atoms with E-state index in [4.69, 9.17) is 10.00 Å². The molecule has 0 aliphatic carbocycles. The number of ether oxygens (including phenoxy) is 1. The minimum absolute atomic E-state index is 0.259. The quantitative estimate of drug-likeness (QED) is 0.736. The summed E-state index contributed by atoms with van der Waals surface area (Å²) in [6.07, 6.45) is 1.89. The second kappa shape index (κ2) is 6.94. The molecule has 86 valence electrons. The fraction of sp³-hybridized carbons (Fsp3) is 0.500. The van der Waals surface area contributed by atoms with Crippen molar-refractivity contribution < 1.29 is 4.74 Å². The number of hydrogen-bond donors (Lipinski definition) is 1. The zero-order chi connectivity index (χ0) is 11.8. The van der Waals surface area contributed by atoms with E-state index in [0.717, 1.165) is 12.1 Å². The summed E-state index contributed by atoms with van der Waals surface area (Å²) in [5, 5.41) is 12.0. The molecule has 4 heteroatoms. The molecular formula is C12H17N3O. The third kappa shape index (κ3) is 4.39. The van der Waals surface area contributed by atoms with Gasteiger partial charge in [-0.15, -0.1) is 0 Å². The monoisotopic (exact) mass is 219 g/mol. The zero-order valence-corrected chi connectivity index (χ0v) is 9.73. The van der Waals surface area contributed by atoms with Crippen LogP contribution in [0.4, 0.5) is 0 Å². The van der Waals surface area contributed by atoms with E-state index in [1.165, 1.54) is 0 Å². The third-order valence-corrected chi connectivity index (χ3v) is 2.04. The molecule has 16 heavy (non-hydrogen) atoms. The maximum Gasteiger partial charge on any atom is 0.144 e. The van der Waals surface area contributed by atoms with Gasteiger partial charge >= 0.3 is 0 Å². The summed E-state index contributed by atoms with van der Waals surface area (Å²) in [5.41, 5.74) is 1.41. The van der Waals surface area contributed by atoms with E-state index in [-0.39, 0.29) is 6.10 Å². The first kappa shape index (κ1) is 12.6. The summed E-state index contributed by atoms with van der Waals surface area (Å²) in [6.45, 7) is 6.12. The SMILES string of the molecule is CC(C)OCCNCc1cccnc1C#N. The number of nitrogens with one attached hydrogen (secondary N) is 1. The van der Waals surface area contributed by atoms with Crippen molar-refractivity contribution in [3.8, 4) is 6.07 Å². The van der Waals surface area contributed by atoms with Gasteiger partial charge in [-0.3, -0.25) is 0 Å². The highest BCUT2D eigenvalue weighted by atomic mass is 16.5. The van der Waals surface area contributed by atoms with Crippen LogP contribution in [0.3, 0.4) is 0 Å². The molecule has 1 aromatic heterocycles. The molecule has 1 heterocycles. The largest absolute Gasteiger partial charge is 0.377 e. The molecule has 0 aliphatic rings. The summed E-state index contributed by atoms with van der Waals surface area (Å²) < 4.78 is 5.39. The molecule has 0 aliphatic heterocycles. The molecule has 1 rings (SSSR count). The summed E-state index contributed by atoms with van der Waals surface area (Å²) in [5.74, 6) is 0. The Morgan fingerprint density at radius 2 is 2.38 bits per heavy atom. The molecular weight excluding hydrogens is 202 g/mol. The molecule has 0 atom stereocenters. The lowest BCUT2D eigenvalue weighted by molar-refractivity contribution is 0.0807. The van der Waals surface area contributed by atoms with Gasteiger partial charge in [-0.1, -0.05) is 6.07 Å². The van der Waals surface area contributed by atoms with Gasteiger partial charge < -0.3 is 10.1 Å². The van der Waals surface area contributed by atoms with Gasteiger partial charge in [-0.25, -0.2) is 4.98 Å². The summed E-state index contributed by atoms with van der Waals surface area (Å²) in [7, 11) is 0. The predicted molar refractivity (Wildman–Crippen MR) is 61.7 cm³/mol. The number of nitriles is 1. The first-order valence-electron chi connectivity index (χ1n) is 5.40. The van der Waals surface area contributed by atoms with E-state index < -0.39 is 0 Å². The van der Waals surface area contributed by atoms with Crippen LogP contribution in [0.5, 0.6) is 0 Å². The lowest BCUT2D eigenvalue weighted by Gasteiger charge is -2.08. The lowest BCUT2D eigenvalue weighted by Crippen LogP contribution is -2.21. The van der Waals surface area contributed by atoms with E-state index in [1.807, 2.05) is 26.0 Å². The van der Waals surface area contributed by atoms with Gasteiger partial charge in [0.15, 0.2) is 0 Å². The highest BCUT2D eigenvalue weighted by Crippen LogP contribution is 2.02. The van der Waals surface area contributed by atoms with Gasteiger partial charge in [0.05, 0.1) is 12.7 Å². The van der Waals surface area contributed by atoms with Gasteiger partial charge in [0, 0.05) is 24.8 Å². The molecule has 0 bridgehead atoms. The lowest BCUT2D eigenvalue weighted by atomic mass is 10.2. The molecule has 4 nitrogen and oxygen atoms in total. The zero-order valence-electron chi connectivity index (χ0n) is 9.73. The molecule has 0 unspecified atom stereocenters. The van der Waals surface area contributed by atoms with Crippen molar-refractivity contribution in [1.29, 1.82) is 5.26 Å². The molecule has 1 aromatic rings. The normalized spacial score (nSPS) is 10.4. The van der Waals surface area contributed by atoms with Crippen LogP contribution >= 0.6 is 0 Å². The molecule has 0 saturated carbocycles. The maximum absolute atomic E-state index is 8.83. The molecule has 1 N–H and O–H groups in total. The van der Waals surface area contributed by atoms with Crippen LogP contribution in [-0.2, 0) is 11.3 Å². The standard InChI is InChI=1S/C12H17N3O/c1-10(2)16-7-6-14-9-11-4-3-5-15-12(11)8-13/h3-5,10,14H,6-7,9H2,1-2H3. The van der Waals surface area contributed by atoms with Crippen LogP contribution in [0.15, 0.2) is 18.3 Å². The van der Waals surface area contributed by atoms with Crippen LogP contribution in [0.1, 0.15) is 25.1 Å². The molecule has 0 saturated heterocycles. The number of rotatable bonds is 6. The van der Waals surface area contributed by atoms with Crippen LogP contribution in [0, 0.1) is 11.3 Å². The Morgan fingerprint density at radius 3 is 3.06 bits per heavy atom. The van der Waals surface area contributed by atoms with Gasteiger partial charge in [-0.2, -0.15) is 5.26 Å². The van der Waals surface area contributed by atoms with Gasteiger partial charge in [0.1, 0.15) is 11.8 Å². The number of aromatic nitrogens is 1.